The molecule has 2 aromatic carbocycles. The lowest BCUT2D eigenvalue weighted by Gasteiger charge is -2.14. The first-order valence-corrected chi connectivity index (χ1v) is 7.84. The van der Waals surface area contributed by atoms with Crippen molar-refractivity contribution in [2.75, 3.05) is 19.5 Å². The Balaban J connectivity index is 1.98. The lowest BCUT2D eigenvalue weighted by atomic mass is 10.2. The van der Waals surface area contributed by atoms with E-state index in [1.165, 1.54) is 0 Å². The molecule has 0 spiro atoms. The Bertz CT molecular complexity index is 707. The molecule has 0 aliphatic carbocycles. The monoisotopic (exact) mass is 350 g/mol. The van der Waals surface area contributed by atoms with Gasteiger partial charge in [-0.25, -0.2) is 0 Å². The molecule has 4 nitrogen and oxygen atoms in total. The van der Waals surface area contributed by atoms with Gasteiger partial charge >= 0.3 is 0 Å². The summed E-state index contributed by atoms with van der Waals surface area (Å²) < 4.78 is 10.5. The van der Waals surface area contributed by atoms with Crippen molar-refractivity contribution in [3.05, 3.63) is 52.5 Å². The first-order valence-electron chi connectivity index (χ1n) is 7.06. The minimum Gasteiger partial charge on any atom is -0.493 e. The SMILES string of the molecule is COc1ccc(CNC(=S)Nc2cccc(Cl)c2C)cc1OC. The van der Waals surface area contributed by atoms with Gasteiger partial charge in [0.1, 0.15) is 0 Å². The highest BCUT2D eigenvalue weighted by atomic mass is 35.5. The van der Waals surface area contributed by atoms with Crippen molar-refractivity contribution in [2.24, 2.45) is 0 Å². The minimum absolute atomic E-state index is 0.533. The van der Waals surface area contributed by atoms with Crippen LogP contribution >= 0.6 is 23.8 Å². The van der Waals surface area contributed by atoms with Crippen LogP contribution in [0.1, 0.15) is 11.1 Å². The molecule has 0 saturated heterocycles. The number of nitrogens with one attached hydrogen (secondary N) is 2. The summed E-state index contributed by atoms with van der Waals surface area (Å²) >= 11 is 11.4. The fraction of sp³-hybridized carbons (Fsp3) is 0.235. The Labute approximate surface area is 146 Å². The predicted molar refractivity (Wildman–Crippen MR) is 98.8 cm³/mol. The summed E-state index contributed by atoms with van der Waals surface area (Å²) in [6.07, 6.45) is 0. The fourth-order valence-corrected chi connectivity index (χ4v) is 2.44. The molecular weight excluding hydrogens is 332 g/mol. The van der Waals surface area contributed by atoms with Crippen LogP contribution in [0.5, 0.6) is 11.5 Å². The van der Waals surface area contributed by atoms with Gasteiger partial charge in [-0.1, -0.05) is 23.7 Å². The van der Waals surface area contributed by atoms with E-state index in [4.69, 9.17) is 33.3 Å². The van der Waals surface area contributed by atoms with Gasteiger partial charge in [-0.2, -0.15) is 0 Å². The van der Waals surface area contributed by atoms with Crippen molar-refractivity contribution in [2.45, 2.75) is 13.5 Å². The van der Waals surface area contributed by atoms with Crippen LogP contribution in [0.2, 0.25) is 5.02 Å². The lowest BCUT2D eigenvalue weighted by molar-refractivity contribution is 0.354. The molecule has 0 fully saturated rings. The van der Waals surface area contributed by atoms with Crippen LogP contribution in [0, 0.1) is 6.92 Å². The molecule has 6 heteroatoms. The zero-order valence-electron chi connectivity index (χ0n) is 13.3. The van der Waals surface area contributed by atoms with Gasteiger partial charge in [0.15, 0.2) is 16.6 Å². The van der Waals surface area contributed by atoms with E-state index >= 15 is 0 Å². The molecule has 2 rings (SSSR count). The maximum absolute atomic E-state index is 6.10. The van der Waals surface area contributed by atoms with Crippen LogP contribution in [0.25, 0.3) is 0 Å². The Morgan fingerprint density at radius 1 is 1.13 bits per heavy atom. The summed E-state index contributed by atoms with van der Waals surface area (Å²) in [5, 5.41) is 7.55. The highest BCUT2D eigenvalue weighted by Crippen LogP contribution is 2.27. The number of methoxy groups -OCH3 is 2. The normalized spacial score (nSPS) is 10.1. The van der Waals surface area contributed by atoms with E-state index < -0.39 is 0 Å². The average Bonchev–Trinajstić information content (AvgIpc) is 2.56. The zero-order chi connectivity index (χ0) is 16.8. The molecule has 0 atom stereocenters. The molecule has 0 saturated carbocycles. The number of rotatable bonds is 5. The smallest absolute Gasteiger partial charge is 0.171 e. The molecular formula is C17H19ClN2O2S. The first kappa shape index (κ1) is 17.4. The zero-order valence-corrected chi connectivity index (χ0v) is 14.8. The second-order valence-corrected chi connectivity index (χ2v) is 5.72. The molecule has 122 valence electrons. The van der Waals surface area contributed by atoms with Crippen LogP contribution in [-0.2, 0) is 6.54 Å². The molecule has 0 radical (unpaired) electrons. The second kappa shape index (κ2) is 8.04. The number of hydrogen-bond donors (Lipinski definition) is 2. The number of benzene rings is 2. The molecule has 2 aromatic rings. The van der Waals surface area contributed by atoms with Crippen molar-refractivity contribution in [1.29, 1.82) is 0 Å². The number of thiocarbonyl (C=S) groups is 1. The van der Waals surface area contributed by atoms with Gasteiger partial charge in [0, 0.05) is 17.3 Å². The number of hydrogen-bond acceptors (Lipinski definition) is 3. The quantitative estimate of drug-likeness (QED) is 0.793. The van der Waals surface area contributed by atoms with E-state index in [1.54, 1.807) is 14.2 Å². The summed E-state index contributed by atoms with van der Waals surface area (Å²) in [4.78, 5) is 0. The van der Waals surface area contributed by atoms with Crippen LogP contribution in [-0.4, -0.2) is 19.3 Å². The van der Waals surface area contributed by atoms with Gasteiger partial charge in [0.05, 0.1) is 14.2 Å². The van der Waals surface area contributed by atoms with E-state index in [2.05, 4.69) is 10.6 Å². The largest absolute Gasteiger partial charge is 0.493 e. The van der Waals surface area contributed by atoms with Crippen molar-refractivity contribution >= 4 is 34.6 Å². The van der Waals surface area contributed by atoms with E-state index in [0.29, 0.717) is 28.2 Å². The summed E-state index contributed by atoms with van der Waals surface area (Å²) in [7, 11) is 3.23. The van der Waals surface area contributed by atoms with Crippen LogP contribution < -0.4 is 20.1 Å². The van der Waals surface area contributed by atoms with Gasteiger partial charge in [0.25, 0.3) is 0 Å². The Morgan fingerprint density at radius 3 is 2.57 bits per heavy atom. The van der Waals surface area contributed by atoms with E-state index in [0.717, 1.165) is 16.8 Å². The second-order valence-electron chi connectivity index (χ2n) is 4.91. The van der Waals surface area contributed by atoms with Gasteiger partial charge in [-0.05, 0) is 54.5 Å². The summed E-state index contributed by atoms with van der Waals surface area (Å²) in [5.41, 5.74) is 2.89. The Kier molecular flexibility index (Phi) is 6.07. The van der Waals surface area contributed by atoms with E-state index in [-0.39, 0.29) is 0 Å². The average molecular weight is 351 g/mol. The molecule has 0 bridgehead atoms. The minimum atomic E-state index is 0.533. The number of anilines is 1. The molecule has 0 heterocycles. The maximum Gasteiger partial charge on any atom is 0.171 e. The van der Waals surface area contributed by atoms with Crippen LogP contribution in [0.15, 0.2) is 36.4 Å². The summed E-state index contributed by atoms with van der Waals surface area (Å²) in [6.45, 7) is 2.52. The standard InChI is InChI=1S/C17H19ClN2O2S/c1-11-13(18)5-4-6-14(11)20-17(23)19-10-12-7-8-15(21-2)16(9-12)22-3/h4-9H,10H2,1-3H3,(H2,19,20,23). The number of halogens is 1. The highest BCUT2D eigenvalue weighted by molar-refractivity contribution is 7.80. The Morgan fingerprint density at radius 2 is 1.87 bits per heavy atom. The predicted octanol–water partition coefficient (Wildman–Crippen LogP) is 4.15. The first-order chi connectivity index (χ1) is 11.0. The van der Waals surface area contributed by atoms with Crippen LogP contribution in [0.3, 0.4) is 0 Å². The number of ether oxygens (including phenoxy) is 2. The van der Waals surface area contributed by atoms with E-state index in [9.17, 15) is 0 Å². The topological polar surface area (TPSA) is 42.5 Å². The Hall–Kier alpha value is -1.98. The maximum atomic E-state index is 6.10. The third-order valence-electron chi connectivity index (χ3n) is 3.42. The molecule has 23 heavy (non-hydrogen) atoms. The third kappa shape index (κ3) is 4.50. The highest BCUT2D eigenvalue weighted by Gasteiger charge is 2.06. The van der Waals surface area contributed by atoms with Crippen molar-refractivity contribution in [3.8, 4) is 11.5 Å². The van der Waals surface area contributed by atoms with Gasteiger partial charge < -0.3 is 20.1 Å². The molecule has 0 aliphatic heterocycles. The van der Waals surface area contributed by atoms with Gasteiger partial charge in [-0.3, -0.25) is 0 Å². The molecule has 0 aliphatic rings. The fourth-order valence-electron chi connectivity index (χ4n) is 2.08. The summed E-state index contributed by atoms with van der Waals surface area (Å²) in [6, 6.07) is 11.4. The van der Waals surface area contributed by atoms with Crippen molar-refractivity contribution in [1.82, 2.24) is 5.32 Å². The third-order valence-corrected chi connectivity index (χ3v) is 4.07. The molecule has 0 amide bonds. The van der Waals surface area contributed by atoms with Crippen LogP contribution in [0.4, 0.5) is 5.69 Å². The van der Waals surface area contributed by atoms with Crippen molar-refractivity contribution < 1.29 is 9.47 Å². The molecule has 0 aromatic heterocycles. The summed E-state index contributed by atoms with van der Waals surface area (Å²) in [5.74, 6) is 1.39. The molecule has 2 N–H and O–H groups in total. The lowest BCUT2D eigenvalue weighted by Crippen LogP contribution is -2.28. The van der Waals surface area contributed by atoms with Crippen molar-refractivity contribution in [3.63, 3.8) is 0 Å². The van der Waals surface area contributed by atoms with Gasteiger partial charge in [-0.15, -0.1) is 0 Å². The van der Waals surface area contributed by atoms with Gasteiger partial charge in [0.2, 0.25) is 0 Å². The van der Waals surface area contributed by atoms with E-state index in [1.807, 2.05) is 43.3 Å². The molecule has 0 unspecified atom stereocenters.